The SMILES string of the molecule is CCOc1cccc(/C=C/c2nc3n(c(=O)c2CC)C2CC2(C(=O)O)C=C3)c1OC. The first-order valence-corrected chi connectivity index (χ1v) is 10.0. The molecule has 2 heterocycles. The quantitative estimate of drug-likeness (QED) is 0.755. The maximum atomic E-state index is 13.2. The van der Waals surface area contributed by atoms with Crippen molar-refractivity contribution in [2.24, 2.45) is 5.41 Å². The Balaban J connectivity index is 1.76. The van der Waals surface area contributed by atoms with Crippen molar-refractivity contribution in [1.82, 2.24) is 9.55 Å². The lowest BCUT2D eigenvalue weighted by atomic mass is 10.0. The van der Waals surface area contributed by atoms with Gasteiger partial charge in [0, 0.05) is 11.1 Å². The molecule has 2 unspecified atom stereocenters. The molecule has 1 aliphatic carbocycles. The number of rotatable bonds is 7. The number of hydrogen-bond donors (Lipinski definition) is 1. The summed E-state index contributed by atoms with van der Waals surface area (Å²) in [5.74, 6) is 0.862. The lowest BCUT2D eigenvalue weighted by molar-refractivity contribution is -0.141. The zero-order valence-electron chi connectivity index (χ0n) is 17.2. The number of ether oxygens (including phenoxy) is 2. The minimum absolute atomic E-state index is 0.172. The first kappa shape index (κ1) is 19.9. The van der Waals surface area contributed by atoms with Gasteiger partial charge in [0.05, 0.1) is 25.5 Å². The van der Waals surface area contributed by atoms with E-state index in [0.29, 0.717) is 48.0 Å². The van der Waals surface area contributed by atoms with Crippen LogP contribution in [-0.4, -0.2) is 34.3 Å². The van der Waals surface area contributed by atoms with Gasteiger partial charge < -0.3 is 14.6 Å². The van der Waals surface area contributed by atoms with Gasteiger partial charge in [-0.15, -0.1) is 0 Å². The monoisotopic (exact) mass is 408 g/mol. The number of fused-ring (bicyclic) bond motifs is 3. The van der Waals surface area contributed by atoms with E-state index in [-0.39, 0.29) is 11.6 Å². The van der Waals surface area contributed by atoms with E-state index < -0.39 is 11.4 Å². The Morgan fingerprint density at radius 2 is 2.17 bits per heavy atom. The van der Waals surface area contributed by atoms with Crippen molar-refractivity contribution in [1.29, 1.82) is 0 Å². The van der Waals surface area contributed by atoms with Gasteiger partial charge in [-0.2, -0.15) is 0 Å². The van der Waals surface area contributed by atoms with Crippen molar-refractivity contribution in [3.8, 4) is 11.5 Å². The number of para-hydroxylation sites is 1. The Kier molecular flexibility index (Phi) is 4.97. The largest absolute Gasteiger partial charge is 0.492 e. The van der Waals surface area contributed by atoms with Gasteiger partial charge in [0.2, 0.25) is 0 Å². The summed E-state index contributed by atoms with van der Waals surface area (Å²) in [4.78, 5) is 29.5. The van der Waals surface area contributed by atoms with Crippen LogP contribution in [0.25, 0.3) is 18.2 Å². The molecule has 1 aromatic heterocycles. The van der Waals surface area contributed by atoms with Gasteiger partial charge in [-0.1, -0.05) is 25.1 Å². The average Bonchev–Trinajstić information content (AvgIpc) is 3.49. The van der Waals surface area contributed by atoms with Gasteiger partial charge in [-0.3, -0.25) is 14.2 Å². The minimum Gasteiger partial charge on any atom is -0.492 e. The fraction of sp³-hybridized carbons (Fsp3) is 0.348. The molecule has 0 bridgehead atoms. The van der Waals surface area contributed by atoms with Crippen LogP contribution >= 0.6 is 0 Å². The van der Waals surface area contributed by atoms with Gasteiger partial charge in [0.1, 0.15) is 11.2 Å². The van der Waals surface area contributed by atoms with Gasteiger partial charge in [-0.25, -0.2) is 4.98 Å². The molecule has 1 aliphatic heterocycles. The predicted molar refractivity (Wildman–Crippen MR) is 114 cm³/mol. The number of hydrogen-bond acceptors (Lipinski definition) is 5. The Morgan fingerprint density at radius 1 is 1.37 bits per heavy atom. The molecule has 0 spiro atoms. The highest BCUT2D eigenvalue weighted by atomic mass is 16.5. The van der Waals surface area contributed by atoms with Crippen molar-refractivity contribution < 1.29 is 19.4 Å². The van der Waals surface area contributed by atoms with Crippen molar-refractivity contribution in [2.75, 3.05) is 13.7 Å². The van der Waals surface area contributed by atoms with Crippen molar-refractivity contribution in [3.63, 3.8) is 0 Å². The predicted octanol–water partition coefficient (Wildman–Crippen LogP) is 3.43. The second-order valence-corrected chi connectivity index (χ2v) is 7.41. The van der Waals surface area contributed by atoms with Crippen LogP contribution < -0.4 is 15.0 Å². The molecule has 4 rings (SSSR count). The molecule has 1 N–H and O–H groups in total. The van der Waals surface area contributed by atoms with Crippen LogP contribution in [0.4, 0.5) is 0 Å². The maximum Gasteiger partial charge on any atom is 0.315 e. The molecule has 0 saturated heterocycles. The van der Waals surface area contributed by atoms with E-state index in [1.807, 2.05) is 38.1 Å². The fourth-order valence-corrected chi connectivity index (χ4v) is 4.10. The first-order valence-electron chi connectivity index (χ1n) is 10.0. The third-order valence-electron chi connectivity index (χ3n) is 5.76. The number of nitrogens with zero attached hydrogens (tertiary/aromatic N) is 2. The van der Waals surface area contributed by atoms with E-state index in [4.69, 9.17) is 9.47 Å². The summed E-state index contributed by atoms with van der Waals surface area (Å²) in [5.41, 5.74) is 0.818. The van der Waals surface area contributed by atoms with Crippen LogP contribution in [0, 0.1) is 5.41 Å². The van der Waals surface area contributed by atoms with Gasteiger partial charge >= 0.3 is 5.97 Å². The van der Waals surface area contributed by atoms with E-state index in [1.54, 1.807) is 29.9 Å². The minimum atomic E-state index is -0.964. The number of aromatic nitrogens is 2. The number of carboxylic acids is 1. The summed E-state index contributed by atoms with van der Waals surface area (Å²) < 4.78 is 12.7. The molecular weight excluding hydrogens is 384 g/mol. The molecule has 156 valence electrons. The standard InChI is InChI=1S/C23H24N2O5/c1-4-15-16(10-9-14-7-6-8-17(30-5-2)20(14)29-3)24-19-11-12-23(22(27)28)13-18(23)25(19)21(15)26/h6-12,18H,4-5,13H2,1-3H3,(H,27,28)/b10-9+. The molecular formula is C23H24N2O5. The van der Waals surface area contributed by atoms with Gasteiger partial charge in [0.25, 0.3) is 5.56 Å². The van der Waals surface area contributed by atoms with E-state index in [0.717, 1.165) is 5.56 Å². The summed E-state index contributed by atoms with van der Waals surface area (Å²) in [6, 6.07) is 5.27. The highest BCUT2D eigenvalue weighted by Crippen LogP contribution is 2.59. The zero-order valence-corrected chi connectivity index (χ0v) is 17.2. The van der Waals surface area contributed by atoms with Gasteiger partial charge in [-0.05, 0) is 44.1 Å². The number of benzene rings is 1. The maximum absolute atomic E-state index is 13.2. The number of carboxylic acid groups (broad SMARTS) is 1. The molecule has 7 nitrogen and oxygen atoms in total. The molecule has 2 aliphatic rings. The van der Waals surface area contributed by atoms with Crippen molar-refractivity contribution in [3.05, 3.63) is 57.3 Å². The Labute approximate surface area is 174 Å². The van der Waals surface area contributed by atoms with Crippen LogP contribution in [0.1, 0.15) is 49.0 Å². The van der Waals surface area contributed by atoms with Crippen LogP contribution in [-0.2, 0) is 11.2 Å². The Hall–Kier alpha value is -3.35. The molecule has 1 fully saturated rings. The second-order valence-electron chi connectivity index (χ2n) is 7.41. The van der Waals surface area contributed by atoms with E-state index in [1.165, 1.54) is 0 Å². The Morgan fingerprint density at radius 3 is 2.83 bits per heavy atom. The normalized spacial score (nSPS) is 21.2. The molecule has 1 saturated carbocycles. The summed E-state index contributed by atoms with van der Waals surface area (Å²) >= 11 is 0. The van der Waals surface area contributed by atoms with E-state index >= 15 is 0 Å². The van der Waals surface area contributed by atoms with Crippen LogP contribution in [0.15, 0.2) is 29.1 Å². The summed E-state index contributed by atoms with van der Waals surface area (Å²) in [6.45, 7) is 4.33. The van der Waals surface area contributed by atoms with Gasteiger partial charge in [0.15, 0.2) is 11.5 Å². The van der Waals surface area contributed by atoms with Crippen LogP contribution in [0.3, 0.4) is 0 Å². The molecule has 7 heteroatoms. The van der Waals surface area contributed by atoms with Crippen molar-refractivity contribution >= 4 is 24.2 Å². The zero-order chi connectivity index (χ0) is 21.5. The number of aliphatic carboxylic acids is 1. The number of carbonyl (C=O) groups is 1. The molecule has 1 aromatic carbocycles. The van der Waals surface area contributed by atoms with Crippen molar-refractivity contribution in [2.45, 2.75) is 32.7 Å². The average molecular weight is 408 g/mol. The lowest BCUT2D eigenvalue weighted by Gasteiger charge is -2.19. The Bertz CT molecular complexity index is 1130. The molecule has 30 heavy (non-hydrogen) atoms. The summed E-state index contributed by atoms with van der Waals surface area (Å²) in [5, 5.41) is 9.54. The smallest absolute Gasteiger partial charge is 0.315 e. The van der Waals surface area contributed by atoms with E-state index in [9.17, 15) is 14.7 Å². The third kappa shape index (κ3) is 3.01. The highest BCUT2D eigenvalue weighted by Gasteiger charge is 2.62. The van der Waals surface area contributed by atoms with Crippen LogP contribution in [0.5, 0.6) is 11.5 Å². The van der Waals surface area contributed by atoms with Crippen LogP contribution in [0.2, 0.25) is 0 Å². The molecule has 0 amide bonds. The third-order valence-corrected chi connectivity index (χ3v) is 5.76. The molecule has 2 aromatic rings. The fourth-order valence-electron chi connectivity index (χ4n) is 4.10. The van der Waals surface area contributed by atoms with E-state index in [2.05, 4.69) is 4.98 Å². The summed E-state index contributed by atoms with van der Waals surface area (Å²) in [6.07, 6.45) is 7.88. The highest BCUT2D eigenvalue weighted by molar-refractivity contribution is 5.84. The lowest BCUT2D eigenvalue weighted by Crippen LogP contribution is -2.32. The topological polar surface area (TPSA) is 90.7 Å². The number of methoxy groups -OCH3 is 1. The molecule has 0 radical (unpaired) electrons. The summed E-state index contributed by atoms with van der Waals surface area (Å²) in [7, 11) is 1.59. The second kappa shape index (κ2) is 7.48. The first-order chi connectivity index (χ1) is 14.5. The molecule has 2 atom stereocenters.